The number of ether oxygens (including phenoxy) is 1. The summed E-state index contributed by atoms with van der Waals surface area (Å²) < 4.78 is 5.37. The van der Waals surface area contributed by atoms with Gasteiger partial charge in [-0.15, -0.1) is 0 Å². The molecule has 0 aromatic heterocycles. The summed E-state index contributed by atoms with van der Waals surface area (Å²) in [7, 11) is 1.78. The summed E-state index contributed by atoms with van der Waals surface area (Å²) in [4.78, 5) is 2.44. The minimum absolute atomic E-state index is 0.197. The van der Waals surface area contributed by atoms with Crippen LogP contribution in [0.25, 0.3) is 0 Å². The summed E-state index contributed by atoms with van der Waals surface area (Å²) in [5.41, 5.74) is 0.469. The smallest absolute Gasteiger partial charge is 0.0558 e. The first-order valence-corrected chi connectivity index (χ1v) is 8.50. The van der Waals surface area contributed by atoms with Crippen LogP contribution in [0.1, 0.15) is 60.8 Å². The normalized spacial score (nSPS) is 15.7. The van der Waals surface area contributed by atoms with E-state index in [1.807, 2.05) is 0 Å². The Morgan fingerprint density at radius 1 is 1.14 bits per heavy atom. The van der Waals surface area contributed by atoms with Crippen LogP contribution >= 0.6 is 0 Å². The van der Waals surface area contributed by atoms with Crippen LogP contribution in [0.4, 0.5) is 0 Å². The molecule has 1 N–H and O–H groups in total. The number of nitrogens with zero attached hydrogens (tertiary/aromatic N) is 1. The summed E-state index contributed by atoms with van der Waals surface area (Å²) in [5, 5.41) is 9.33. The Kier molecular flexibility index (Phi) is 9.75. The van der Waals surface area contributed by atoms with Crippen molar-refractivity contribution in [2.75, 3.05) is 40.0 Å². The second-order valence-corrected chi connectivity index (χ2v) is 8.12. The zero-order valence-corrected chi connectivity index (χ0v) is 15.5. The van der Waals surface area contributed by atoms with Crippen LogP contribution in [0, 0.1) is 16.7 Å². The van der Waals surface area contributed by atoms with Crippen molar-refractivity contribution in [2.45, 2.75) is 60.8 Å². The Morgan fingerprint density at radius 2 is 1.76 bits per heavy atom. The number of hydrogen-bond acceptors (Lipinski definition) is 3. The Bertz CT molecular complexity index is 266. The first-order valence-electron chi connectivity index (χ1n) is 8.50. The third-order valence-corrected chi connectivity index (χ3v) is 4.34. The molecule has 0 saturated heterocycles. The van der Waals surface area contributed by atoms with E-state index in [1.54, 1.807) is 7.11 Å². The molecule has 0 spiro atoms. The minimum atomic E-state index is 0.197. The summed E-state index contributed by atoms with van der Waals surface area (Å²) in [6, 6.07) is 0. The monoisotopic (exact) mass is 301 g/mol. The molecule has 0 heterocycles. The fourth-order valence-electron chi connectivity index (χ4n) is 3.28. The summed E-state index contributed by atoms with van der Waals surface area (Å²) in [6.45, 7) is 17.7. The third kappa shape index (κ3) is 9.49. The third-order valence-electron chi connectivity index (χ3n) is 4.34. The zero-order valence-electron chi connectivity index (χ0n) is 15.5. The van der Waals surface area contributed by atoms with Gasteiger partial charge >= 0.3 is 0 Å². The molecule has 0 bridgehead atoms. The highest BCUT2D eigenvalue weighted by Crippen LogP contribution is 2.37. The van der Waals surface area contributed by atoms with Crippen LogP contribution < -0.4 is 0 Å². The Morgan fingerprint density at radius 3 is 2.19 bits per heavy atom. The lowest BCUT2D eigenvalue weighted by molar-refractivity contribution is 0.0397. The lowest BCUT2D eigenvalue weighted by Gasteiger charge is -2.40. The van der Waals surface area contributed by atoms with Crippen molar-refractivity contribution in [1.82, 2.24) is 4.90 Å². The van der Waals surface area contributed by atoms with Crippen molar-refractivity contribution in [1.29, 1.82) is 0 Å². The van der Waals surface area contributed by atoms with Gasteiger partial charge in [0.05, 0.1) is 13.2 Å². The van der Waals surface area contributed by atoms with Gasteiger partial charge in [-0.1, -0.05) is 41.5 Å². The van der Waals surface area contributed by atoms with E-state index < -0.39 is 0 Å². The molecule has 21 heavy (non-hydrogen) atoms. The Hall–Kier alpha value is -0.120. The Balaban J connectivity index is 4.71. The lowest BCUT2D eigenvalue weighted by atomic mass is 9.72. The van der Waals surface area contributed by atoms with E-state index in [0.717, 1.165) is 39.1 Å². The van der Waals surface area contributed by atoms with Gasteiger partial charge in [0.25, 0.3) is 0 Å². The minimum Gasteiger partial charge on any atom is -0.395 e. The van der Waals surface area contributed by atoms with Crippen molar-refractivity contribution in [3.8, 4) is 0 Å². The van der Waals surface area contributed by atoms with Gasteiger partial charge < -0.3 is 14.7 Å². The average molecular weight is 302 g/mol. The molecule has 0 aliphatic heterocycles. The van der Waals surface area contributed by atoms with Crippen molar-refractivity contribution in [2.24, 2.45) is 16.7 Å². The highest BCUT2D eigenvalue weighted by molar-refractivity contribution is 4.84. The van der Waals surface area contributed by atoms with Crippen molar-refractivity contribution in [3.63, 3.8) is 0 Å². The van der Waals surface area contributed by atoms with E-state index in [2.05, 4.69) is 46.4 Å². The van der Waals surface area contributed by atoms with Gasteiger partial charge in [0.15, 0.2) is 0 Å². The van der Waals surface area contributed by atoms with Crippen molar-refractivity contribution < 1.29 is 9.84 Å². The second-order valence-electron chi connectivity index (χ2n) is 8.12. The maximum atomic E-state index is 9.33. The average Bonchev–Trinajstić information content (AvgIpc) is 2.35. The number of aliphatic hydroxyl groups excluding tert-OH is 1. The molecule has 0 aromatic rings. The molecular weight excluding hydrogens is 262 g/mol. The van der Waals surface area contributed by atoms with Gasteiger partial charge in [0, 0.05) is 20.2 Å². The van der Waals surface area contributed by atoms with E-state index in [1.165, 1.54) is 6.42 Å². The fourth-order valence-corrected chi connectivity index (χ4v) is 3.28. The molecule has 1 unspecified atom stereocenters. The predicted octanol–water partition coefficient (Wildman–Crippen LogP) is 3.81. The van der Waals surface area contributed by atoms with Gasteiger partial charge in [-0.2, -0.15) is 0 Å². The fraction of sp³-hybridized carbons (Fsp3) is 1.00. The van der Waals surface area contributed by atoms with Crippen LogP contribution in [0.5, 0.6) is 0 Å². The Labute approximate surface area is 133 Å². The molecular formula is C18H39NO2. The highest BCUT2D eigenvalue weighted by Gasteiger charge is 2.32. The molecule has 3 nitrogen and oxygen atoms in total. The van der Waals surface area contributed by atoms with E-state index in [9.17, 15) is 5.11 Å². The van der Waals surface area contributed by atoms with Crippen LogP contribution in [-0.4, -0.2) is 50.0 Å². The summed E-state index contributed by atoms with van der Waals surface area (Å²) >= 11 is 0. The molecule has 3 heteroatoms. The highest BCUT2D eigenvalue weighted by atomic mass is 16.5. The van der Waals surface area contributed by atoms with Crippen molar-refractivity contribution >= 4 is 0 Å². The second kappa shape index (κ2) is 9.81. The molecule has 0 radical (unpaired) electrons. The molecule has 0 amide bonds. The van der Waals surface area contributed by atoms with Crippen LogP contribution in [0.15, 0.2) is 0 Å². The molecule has 0 aliphatic rings. The molecule has 0 aromatic carbocycles. The van der Waals surface area contributed by atoms with Gasteiger partial charge in [-0.25, -0.2) is 0 Å². The quantitative estimate of drug-likeness (QED) is 0.595. The SMILES string of the molecule is CCC(C)(CN(CCO)CCC(C)C)CC(C)(C)COC. The van der Waals surface area contributed by atoms with E-state index >= 15 is 0 Å². The van der Waals surface area contributed by atoms with Crippen LogP contribution in [0.2, 0.25) is 0 Å². The zero-order chi connectivity index (χ0) is 16.5. The number of rotatable bonds is 12. The number of aliphatic hydroxyl groups is 1. The maximum absolute atomic E-state index is 9.33. The first-order chi connectivity index (χ1) is 9.68. The van der Waals surface area contributed by atoms with Gasteiger partial charge in [-0.3, -0.25) is 0 Å². The topological polar surface area (TPSA) is 32.7 Å². The molecule has 0 saturated carbocycles. The standard InChI is InChI=1S/C18H39NO2/c1-8-18(6,13-17(4,5)15-21-7)14-19(11-12-20)10-9-16(2)3/h16,20H,8-15H2,1-7H3. The maximum Gasteiger partial charge on any atom is 0.0558 e. The lowest BCUT2D eigenvalue weighted by Crippen LogP contribution is -2.41. The molecule has 0 aliphatic carbocycles. The summed E-state index contributed by atoms with van der Waals surface area (Å²) in [5.74, 6) is 0.712. The van der Waals surface area contributed by atoms with E-state index in [-0.39, 0.29) is 17.4 Å². The number of hydrogen-bond donors (Lipinski definition) is 1. The van der Waals surface area contributed by atoms with Gasteiger partial charge in [-0.05, 0) is 42.6 Å². The van der Waals surface area contributed by atoms with Crippen molar-refractivity contribution in [3.05, 3.63) is 0 Å². The van der Waals surface area contributed by atoms with Gasteiger partial charge in [0.2, 0.25) is 0 Å². The molecule has 1 atom stereocenters. The predicted molar refractivity (Wildman–Crippen MR) is 91.7 cm³/mol. The molecule has 0 fully saturated rings. The summed E-state index contributed by atoms with van der Waals surface area (Å²) in [6.07, 6.45) is 3.50. The number of methoxy groups -OCH3 is 1. The van der Waals surface area contributed by atoms with Crippen LogP contribution in [0.3, 0.4) is 0 Å². The largest absolute Gasteiger partial charge is 0.395 e. The molecule has 128 valence electrons. The van der Waals surface area contributed by atoms with Crippen LogP contribution in [-0.2, 0) is 4.74 Å². The first kappa shape index (κ1) is 20.9. The van der Waals surface area contributed by atoms with E-state index in [0.29, 0.717) is 5.92 Å². The molecule has 0 rings (SSSR count). The van der Waals surface area contributed by atoms with E-state index in [4.69, 9.17) is 4.74 Å². The van der Waals surface area contributed by atoms with Gasteiger partial charge in [0.1, 0.15) is 0 Å².